The van der Waals surface area contributed by atoms with Gasteiger partial charge in [-0.3, -0.25) is 11.3 Å². The SMILES string of the molecule is CC(C)(C)C(NN)c1cccc(F)c1Br. The molecule has 0 saturated carbocycles. The molecule has 15 heavy (non-hydrogen) atoms. The highest BCUT2D eigenvalue weighted by Crippen LogP contribution is 2.36. The molecule has 0 aromatic heterocycles. The van der Waals surface area contributed by atoms with Crippen LogP contribution in [-0.4, -0.2) is 0 Å². The summed E-state index contributed by atoms with van der Waals surface area (Å²) in [5.74, 6) is 5.25. The summed E-state index contributed by atoms with van der Waals surface area (Å²) in [4.78, 5) is 0. The monoisotopic (exact) mass is 274 g/mol. The van der Waals surface area contributed by atoms with E-state index in [9.17, 15) is 4.39 Å². The van der Waals surface area contributed by atoms with Crippen molar-refractivity contribution in [1.29, 1.82) is 0 Å². The highest BCUT2D eigenvalue weighted by atomic mass is 79.9. The molecule has 0 spiro atoms. The third kappa shape index (κ3) is 2.77. The van der Waals surface area contributed by atoms with Crippen LogP contribution < -0.4 is 11.3 Å². The second kappa shape index (κ2) is 4.60. The Kier molecular flexibility index (Phi) is 3.87. The van der Waals surface area contributed by atoms with E-state index in [2.05, 4.69) is 42.1 Å². The number of hydrogen-bond donors (Lipinski definition) is 2. The number of nitrogens with two attached hydrogens (primary N) is 1. The van der Waals surface area contributed by atoms with Gasteiger partial charge >= 0.3 is 0 Å². The zero-order chi connectivity index (χ0) is 11.6. The van der Waals surface area contributed by atoms with Crippen molar-refractivity contribution in [2.45, 2.75) is 26.8 Å². The lowest BCUT2D eigenvalue weighted by molar-refractivity contribution is 0.274. The predicted molar refractivity (Wildman–Crippen MR) is 63.6 cm³/mol. The Bertz CT molecular complexity index is 347. The van der Waals surface area contributed by atoms with Gasteiger partial charge in [0.05, 0.1) is 10.5 Å². The molecule has 0 fully saturated rings. The Morgan fingerprint density at radius 1 is 1.40 bits per heavy atom. The predicted octanol–water partition coefficient (Wildman–Crippen LogP) is 3.14. The number of halogens is 2. The topological polar surface area (TPSA) is 38.0 Å². The number of benzene rings is 1. The first kappa shape index (κ1) is 12.6. The van der Waals surface area contributed by atoms with Crippen LogP contribution in [0.5, 0.6) is 0 Å². The molecule has 0 aliphatic rings. The molecule has 0 heterocycles. The summed E-state index contributed by atoms with van der Waals surface area (Å²) < 4.78 is 13.8. The van der Waals surface area contributed by atoms with Gasteiger partial charge in [-0.15, -0.1) is 0 Å². The highest BCUT2D eigenvalue weighted by molar-refractivity contribution is 9.10. The van der Waals surface area contributed by atoms with Crippen LogP contribution in [0.15, 0.2) is 22.7 Å². The summed E-state index contributed by atoms with van der Waals surface area (Å²) in [5.41, 5.74) is 3.49. The minimum atomic E-state index is -0.267. The Hall–Kier alpha value is -0.450. The van der Waals surface area contributed by atoms with E-state index in [-0.39, 0.29) is 17.3 Å². The zero-order valence-corrected chi connectivity index (χ0v) is 10.7. The Balaban J connectivity index is 3.19. The molecule has 1 aromatic carbocycles. The van der Waals surface area contributed by atoms with E-state index >= 15 is 0 Å². The Morgan fingerprint density at radius 3 is 2.47 bits per heavy atom. The van der Waals surface area contributed by atoms with E-state index < -0.39 is 0 Å². The van der Waals surface area contributed by atoms with Crippen molar-refractivity contribution in [2.75, 3.05) is 0 Å². The van der Waals surface area contributed by atoms with Gasteiger partial charge in [-0.25, -0.2) is 4.39 Å². The van der Waals surface area contributed by atoms with Crippen LogP contribution in [0.25, 0.3) is 0 Å². The summed E-state index contributed by atoms with van der Waals surface area (Å²) in [5, 5.41) is 0. The third-order valence-corrected chi connectivity index (χ3v) is 3.16. The molecule has 0 aliphatic heterocycles. The molecule has 0 saturated heterocycles. The van der Waals surface area contributed by atoms with Gasteiger partial charge in [0.1, 0.15) is 5.82 Å². The zero-order valence-electron chi connectivity index (χ0n) is 9.14. The van der Waals surface area contributed by atoms with E-state index in [1.807, 2.05) is 6.07 Å². The smallest absolute Gasteiger partial charge is 0.137 e. The van der Waals surface area contributed by atoms with E-state index in [0.717, 1.165) is 5.56 Å². The Morgan fingerprint density at radius 2 is 2.00 bits per heavy atom. The van der Waals surface area contributed by atoms with Crippen LogP contribution >= 0.6 is 15.9 Å². The van der Waals surface area contributed by atoms with Gasteiger partial charge in [-0.05, 0) is 33.0 Å². The molecule has 1 rings (SSSR count). The Labute approximate surface area is 98.1 Å². The average Bonchev–Trinajstić information content (AvgIpc) is 2.11. The number of hydrogen-bond acceptors (Lipinski definition) is 2. The van der Waals surface area contributed by atoms with Crippen molar-refractivity contribution < 1.29 is 4.39 Å². The molecule has 1 unspecified atom stereocenters. The summed E-state index contributed by atoms with van der Waals surface area (Å²) in [7, 11) is 0. The lowest BCUT2D eigenvalue weighted by atomic mass is 9.83. The van der Waals surface area contributed by atoms with Crippen molar-refractivity contribution in [2.24, 2.45) is 11.3 Å². The molecule has 0 aliphatic carbocycles. The maximum atomic E-state index is 13.3. The van der Waals surface area contributed by atoms with Crippen LogP contribution in [0.2, 0.25) is 0 Å². The van der Waals surface area contributed by atoms with Crippen molar-refractivity contribution in [1.82, 2.24) is 5.43 Å². The minimum absolute atomic E-state index is 0.0783. The van der Waals surface area contributed by atoms with Gasteiger partial charge in [0.25, 0.3) is 0 Å². The van der Waals surface area contributed by atoms with Gasteiger partial charge < -0.3 is 0 Å². The van der Waals surface area contributed by atoms with Crippen molar-refractivity contribution in [3.63, 3.8) is 0 Å². The number of rotatable bonds is 2. The molecule has 2 nitrogen and oxygen atoms in total. The molecule has 84 valence electrons. The average molecular weight is 275 g/mol. The van der Waals surface area contributed by atoms with Gasteiger partial charge in [-0.2, -0.15) is 0 Å². The largest absolute Gasteiger partial charge is 0.271 e. The molecule has 1 aromatic rings. The van der Waals surface area contributed by atoms with Crippen LogP contribution in [0, 0.1) is 11.2 Å². The molecular formula is C11H16BrFN2. The number of nitrogens with one attached hydrogen (secondary N) is 1. The second-order valence-corrected chi connectivity index (χ2v) is 5.40. The molecule has 0 amide bonds. The first-order valence-electron chi connectivity index (χ1n) is 4.78. The number of hydrazine groups is 1. The highest BCUT2D eigenvalue weighted by Gasteiger charge is 2.27. The molecule has 0 bridgehead atoms. The molecular weight excluding hydrogens is 259 g/mol. The van der Waals surface area contributed by atoms with Crippen LogP contribution in [0.1, 0.15) is 32.4 Å². The maximum absolute atomic E-state index is 13.3. The summed E-state index contributed by atoms with van der Waals surface area (Å²) in [6.45, 7) is 6.15. The third-order valence-electron chi connectivity index (χ3n) is 2.33. The van der Waals surface area contributed by atoms with Gasteiger partial charge in [-0.1, -0.05) is 32.9 Å². The molecule has 3 N–H and O–H groups in total. The van der Waals surface area contributed by atoms with Crippen molar-refractivity contribution in [3.8, 4) is 0 Å². The van der Waals surface area contributed by atoms with Crippen LogP contribution in [-0.2, 0) is 0 Å². The second-order valence-electron chi connectivity index (χ2n) is 4.61. The lowest BCUT2D eigenvalue weighted by Gasteiger charge is -2.31. The summed E-state index contributed by atoms with van der Waals surface area (Å²) in [6, 6.07) is 4.88. The quantitative estimate of drug-likeness (QED) is 0.642. The molecule has 0 radical (unpaired) electrons. The first-order valence-corrected chi connectivity index (χ1v) is 5.57. The van der Waals surface area contributed by atoms with Gasteiger partial charge in [0.2, 0.25) is 0 Å². The summed E-state index contributed by atoms with van der Waals surface area (Å²) in [6.07, 6.45) is 0. The first-order chi connectivity index (χ1) is 6.88. The molecule has 4 heteroatoms. The fourth-order valence-corrected chi connectivity index (χ4v) is 2.04. The normalized spacial score (nSPS) is 14.0. The molecule has 1 atom stereocenters. The fraction of sp³-hybridized carbons (Fsp3) is 0.455. The van der Waals surface area contributed by atoms with Crippen LogP contribution in [0.3, 0.4) is 0 Å². The van der Waals surface area contributed by atoms with Gasteiger partial charge in [0.15, 0.2) is 0 Å². The van der Waals surface area contributed by atoms with E-state index in [4.69, 9.17) is 5.84 Å². The summed E-state index contributed by atoms with van der Waals surface area (Å²) >= 11 is 3.24. The minimum Gasteiger partial charge on any atom is -0.271 e. The lowest BCUT2D eigenvalue weighted by Crippen LogP contribution is -2.37. The van der Waals surface area contributed by atoms with E-state index in [1.165, 1.54) is 6.07 Å². The maximum Gasteiger partial charge on any atom is 0.137 e. The fourth-order valence-electron chi connectivity index (χ4n) is 1.55. The van der Waals surface area contributed by atoms with Crippen molar-refractivity contribution >= 4 is 15.9 Å². The van der Waals surface area contributed by atoms with Crippen LogP contribution in [0.4, 0.5) is 4.39 Å². The van der Waals surface area contributed by atoms with E-state index in [1.54, 1.807) is 6.07 Å². The van der Waals surface area contributed by atoms with Crippen molar-refractivity contribution in [3.05, 3.63) is 34.1 Å². The van der Waals surface area contributed by atoms with E-state index in [0.29, 0.717) is 4.47 Å². The van der Waals surface area contributed by atoms with Gasteiger partial charge in [0, 0.05) is 0 Å². The standard InChI is InChI=1S/C11H16BrFN2/c1-11(2,3)10(15-14)7-5-4-6-8(13)9(7)12/h4-6,10,15H,14H2,1-3H3.